The van der Waals surface area contributed by atoms with E-state index in [-0.39, 0.29) is 5.92 Å². The van der Waals surface area contributed by atoms with Crippen LogP contribution in [0.5, 0.6) is 0 Å². The van der Waals surface area contributed by atoms with Gasteiger partial charge in [-0.25, -0.2) is 0 Å². The Morgan fingerprint density at radius 3 is 2.33 bits per heavy atom. The third-order valence-corrected chi connectivity index (χ3v) is 2.83. The molecule has 0 saturated carbocycles. The van der Waals surface area contributed by atoms with Gasteiger partial charge in [0.25, 0.3) is 0 Å². The fourth-order valence-corrected chi connectivity index (χ4v) is 1.71. The van der Waals surface area contributed by atoms with Crippen molar-refractivity contribution in [3.8, 4) is 0 Å². The highest BCUT2D eigenvalue weighted by molar-refractivity contribution is 5.86. The summed E-state index contributed by atoms with van der Waals surface area (Å²) >= 11 is 0. The molecule has 0 saturated heterocycles. The normalized spacial score (nSPS) is 12.2. The van der Waals surface area contributed by atoms with Gasteiger partial charge >= 0.3 is 0 Å². The molecule has 0 unspecified atom stereocenters. The molecule has 1 aromatic carbocycles. The second-order valence-electron chi connectivity index (χ2n) is 3.77. The maximum Gasteiger partial charge on any atom is 0.103 e. The van der Waals surface area contributed by atoms with Gasteiger partial charge in [0.2, 0.25) is 0 Å². The first kappa shape index (κ1) is 11.8. The number of nitrogens with zero attached hydrogens (tertiary/aromatic N) is 1. The van der Waals surface area contributed by atoms with Crippen LogP contribution in [0.3, 0.4) is 0 Å². The summed E-state index contributed by atoms with van der Waals surface area (Å²) in [6.07, 6.45) is 0.979. The second kappa shape index (κ2) is 5.54. The molecule has 1 aromatic rings. The van der Waals surface area contributed by atoms with Gasteiger partial charge in [0.15, 0.2) is 0 Å². The quantitative estimate of drug-likeness (QED) is 0.592. The van der Waals surface area contributed by atoms with Crippen molar-refractivity contribution < 1.29 is 0 Å². The van der Waals surface area contributed by atoms with Crippen LogP contribution in [0.25, 0.3) is 0 Å². The molecule has 1 rings (SSSR count). The first-order valence-corrected chi connectivity index (χ1v) is 5.55. The van der Waals surface area contributed by atoms with E-state index in [2.05, 4.69) is 26.0 Å². The Hall–Kier alpha value is -1.31. The first-order chi connectivity index (χ1) is 7.20. The molecule has 0 bridgehead atoms. The van der Waals surface area contributed by atoms with Crippen LogP contribution >= 0.6 is 0 Å². The van der Waals surface area contributed by atoms with Crippen LogP contribution in [0.15, 0.2) is 30.3 Å². The fraction of sp³-hybridized carbons (Fsp3) is 0.462. The van der Waals surface area contributed by atoms with Crippen LogP contribution in [-0.2, 0) is 0 Å². The third kappa shape index (κ3) is 2.82. The van der Waals surface area contributed by atoms with E-state index in [1.165, 1.54) is 5.56 Å². The Labute approximate surface area is 92.4 Å². The zero-order valence-electron chi connectivity index (χ0n) is 9.83. The Morgan fingerprint density at radius 2 is 1.87 bits per heavy atom. The molecule has 0 spiro atoms. The lowest BCUT2D eigenvalue weighted by Gasteiger charge is -2.25. The minimum atomic E-state index is 0.233. The zero-order chi connectivity index (χ0) is 11.3. The summed E-state index contributed by atoms with van der Waals surface area (Å²) in [6, 6.07) is 10.3. The number of benzene rings is 1. The van der Waals surface area contributed by atoms with Gasteiger partial charge in [-0.15, -0.1) is 0 Å². The maximum atomic E-state index is 8.12. The number of likely N-dealkylation sites (N-methyl/N-ethyl adjacent to an activating group) is 1. The Kier molecular flexibility index (Phi) is 4.35. The molecule has 0 fully saturated rings. The number of amidine groups is 1. The Balaban J connectivity index is 2.85. The number of rotatable bonds is 4. The van der Waals surface area contributed by atoms with Crippen molar-refractivity contribution in [2.45, 2.75) is 26.2 Å². The summed E-state index contributed by atoms with van der Waals surface area (Å²) < 4.78 is 0. The molecule has 0 amide bonds. The van der Waals surface area contributed by atoms with Gasteiger partial charge in [-0.05, 0) is 18.9 Å². The Bertz CT molecular complexity index is 306. The highest BCUT2D eigenvalue weighted by Crippen LogP contribution is 2.21. The van der Waals surface area contributed by atoms with Crippen molar-refractivity contribution in [1.82, 2.24) is 4.90 Å². The molecular formula is C13H20N2. The number of hydrogen-bond donors (Lipinski definition) is 1. The van der Waals surface area contributed by atoms with Gasteiger partial charge in [0.05, 0.1) is 0 Å². The molecule has 2 nitrogen and oxygen atoms in total. The van der Waals surface area contributed by atoms with Crippen molar-refractivity contribution in [1.29, 1.82) is 5.41 Å². The van der Waals surface area contributed by atoms with Gasteiger partial charge in [-0.2, -0.15) is 0 Å². The summed E-state index contributed by atoms with van der Waals surface area (Å²) in [5.74, 6) is 0.947. The minimum absolute atomic E-state index is 0.233. The molecule has 1 N–H and O–H groups in total. The molecule has 0 heterocycles. The monoisotopic (exact) mass is 204 g/mol. The van der Waals surface area contributed by atoms with E-state index in [0.717, 1.165) is 13.0 Å². The molecule has 0 aliphatic rings. The average Bonchev–Trinajstić information content (AvgIpc) is 2.30. The van der Waals surface area contributed by atoms with E-state index in [1.54, 1.807) is 0 Å². The lowest BCUT2D eigenvalue weighted by molar-refractivity contribution is 0.503. The minimum Gasteiger partial charge on any atom is -0.363 e. The fourth-order valence-electron chi connectivity index (χ4n) is 1.71. The summed E-state index contributed by atoms with van der Waals surface area (Å²) in [6.45, 7) is 5.10. The van der Waals surface area contributed by atoms with Gasteiger partial charge in [0.1, 0.15) is 5.84 Å². The SMILES string of the molecule is CC[C@@H](C(=N)N(C)CC)c1ccccc1. The zero-order valence-corrected chi connectivity index (χ0v) is 9.83. The predicted octanol–water partition coefficient (Wildman–Crippen LogP) is 3.11. The molecule has 0 aliphatic carbocycles. The smallest absolute Gasteiger partial charge is 0.103 e. The lowest BCUT2D eigenvalue weighted by atomic mass is 9.95. The van der Waals surface area contributed by atoms with Crippen molar-refractivity contribution >= 4 is 5.84 Å². The largest absolute Gasteiger partial charge is 0.363 e. The molecular weight excluding hydrogens is 184 g/mol. The van der Waals surface area contributed by atoms with Gasteiger partial charge in [-0.3, -0.25) is 5.41 Å². The van der Waals surface area contributed by atoms with E-state index in [4.69, 9.17) is 5.41 Å². The average molecular weight is 204 g/mol. The third-order valence-electron chi connectivity index (χ3n) is 2.83. The summed E-state index contributed by atoms with van der Waals surface area (Å²) in [5, 5.41) is 8.12. The summed E-state index contributed by atoms with van der Waals surface area (Å²) in [5.41, 5.74) is 1.24. The topological polar surface area (TPSA) is 27.1 Å². The van der Waals surface area contributed by atoms with Crippen LogP contribution in [-0.4, -0.2) is 24.3 Å². The van der Waals surface area contributed by atoms with Crippen LogP contribution in [0, 0.1) is 5.41 Å². The predicted molar refractivity (Wildman–Crippen MR) is 65.5 cm³/mol. The molecule has 0 radical (unpaired) electrons. The van der Waals surface area contributed by atoms with Crippen LogP contribution in [0.1, 0.15) is 31.7 Å². The molecule has 0 aromatic heterocycles. The van der Waals surface area contributed by atoms with Crippen molar-refractivity contribution in [2.24, 2.45) is 0 Å². The summed E-state index contributed by atoms with van der Waals surface area (Å²) in [4.78, 5) is 2.00. The maximum absolute atomic E-state index is 8.12. The standard InChI is InChI=1S/C13H20N2/c1-4-12(13(14)15(3)5-2)11-9-7-6-8-10-11/h6-10,12,14H,4-5H2,1-3H3/t12-/m1/s1. The number of nitrogens with one attached hydrogen (secondary N) is 1. The molecule has 82 valence electrons. The van der Waals surface area contributed by atoms with E-state index < -0.39 is 0 Å². The van der Waals surface area contributed by atoms with Crippen molar-refractivity contribution in [3.63, 3.8) is 0 Å². The molecule has 2 heteroatoms. The van der Waals surface area contributed by atoms with Crippen molar-refractivity contribution in [2.75, 3.05) is 13.6 Å². The second-order valence-corrected chi connectivity index (χ2v) is 3.77. The van der Waals surface area contributed by atoms with E-state index in [9.17, 15) is 0 Å². The van der Waals surface area contributed by atoms with E-state index in [1.807, 2.05) is 30.1 Å². The molecule has 15 heavy (non-hydrogen) atoms. The van der Waals surface area contributed by atoms with E-state index >= 15 is 0 Å². The van der Waals surface area contributed by atoms with Crippen LogP contribution in [0.4, 0.5) is 0 Å². The molecule has 1 atom stereocenters. The number of hydrogen-bond acceptors (Lipinski definition) is 1. The Morgan fingerprint density at radius 1 is 1.27 bits per heavy atom. The van der Waals surface area contributed by atoms with Gasteiger partial charge in [0, 0.05) is 19.5 Å². The highest BCUT2D eigenvalue weighted by atomic mass is 15.1. The van der Waals surface area contributed by atoms with Gasteiger partial charge in [-0.1, -0.05) is 37.3 Å². The van der Waals surface area contributed by atoms with Gasteiger partial charge < -0.3 is 4.90 Å². The first-order valence-electron chi connectivity index (χ1n) is 5.55. The lowest BCUT2D eigenvalue weighted by Crippen LogP contribution is -2.30. The van der Waals surface area contributed by atoms with Crippen LogP contribution < -0.4 is 0 Å². The summed E-state index contributed by atoms with van der Waals surface area (Å²) in [7, 11) is 1.98. The van der Waals surface area contributed by atoms with Crippen molar-refractivity contribution in [3.05, 3.63) is 35.9 Å². The van der Waals surface area contributed by atoms with Crippen LogP contribution in [0.2, 0.25) is 0 Å². The van der Waals surface area contributed by atoms with E-state index in [0.29, 0.717) is 5.84 Å². The highest BCUT2D eigenvalue weighted by Gasteiger charge is 2.16. The molecule has 0 aliphatic heterocycles.